The predicted molar refractivity (Wildman–Crippen MR) is 249 cm³/mol. The van der Waals surface area contributed by atoms with Crippen molar-refractivity contribution in [1.82, 2.24) is 35.1 Å². The van der Waals surface area contributed by atoms with Crippen LogP contribution in [-0.4, -0.2) is 118 Å². The van der Waals surface area contributed by atoms with Crippen molar-refractivity contribution in [3.8, 4) is 22.4 Å². The number of carbonyl (C=O) groups excluding carboxylic acids is 5. The molecule has 350 valence electrons. The summed E-state index contributed by atoms with van der Waals surface area (Å²) in [6.45, 7) is 17.0. The van der Waals surface area contributed by atoms with E-state index in [2.05, 4.69) is 73.0 Å². The number of aryl methyl sites for hydroxylation is 1. The van der Waals surface area contributed by atoms with E-state index in [1.807, 2.05) is 45.0 Å². The molecule has 6 bridgehead atoms. The fourth-order valence-electron chi connectivity index (χ4n) is 10.2. The van der Waals surface area contributed by atoms with Gasteiger partial charge in [-0.25, -0.2) is 5.43 Å². The van der Waals surface area contributed by atoms with Crippen molar-refractivity contribution in [3.63, 3.8) is 0 Å². The number of amides is 4. The van der Waals surface area contributed by atoms with Gasteiger partial charge in [0, 0.05) is 67.7 Å². The highest BCUT2D eigenvalue weighted by molar-refractivity contribution is 5.97. The fourth-order valence-corrected chi connectivity index (χ4v) is 10.2. The average Bonchev–Trinajstić information content (AvgIpc) is 3.99. The Balaban J connectivity index is 1.18. The highest BCUT2D eigenvalue weighted by atomic mass is 16.5. The standard InChI is InChI=1S/C51H63N7O8/c1-9-42(59)55-23-20-51(28-55)49(63)57(30-66-51)44(31(3)4)46(60)53-40-25-33-14-11-15-34(24-33)35-18-19-41-37(26-35)38(45(56(41)10-2)36-16-12-21-52-43(36)32(5)64-8)27-50(6,7)29-65-48(62)39-17-13-22-58(54-39)47(40)61/h9,11-12,14-16,18-19,21,24,26,31-32,39-40,44,54H,1,10,13,17,20,22-23,25,27-30H2,2-8H3,(H,53,60)/t32-,39-,40-,44?,51+/m0/s1. The van der Waals surface area contributed by atoms with Crippen molar-refractivity contribution in [2.75, 3.05) is 40.1 Å². The number of hydrazine groups is 1. The highest BCUT2D eigenvalue weighted by Crippen LogP contribution is 2.42. The van der Waals surface area contributed by atoms with Gasteiger partial charge in [-0.05, 0) is 91.6 Å². The summed E-state index contributed by atoms with van der Waals surface area (Å²) in [7, 11) is 1.69. The van der Waals surface area contributed by atoms with Crippen molar-refractivity contribution in [3.05, 3.63) is 90.3 Å². The third-order valence-corrected chi connectivity index (χ3v) is 13.7. The number of likely N-dealkylation sites (tertiary alicyclic amines) is 1. The number of aromatic nitrogens is 2. The molecule has 4 aromatic rings. The molecule has 2 aromatic carbocycles. The number of ether oxygens (including phenoxy) is 3. The van der Waals surface area contributed by atoms with Crippen LogP contribution in [0.3, 0.4) is 0 Å². The summed E-state index contributed by atoms with van der Waals surface area (Å²) in [5.41, 5.74) is 9.15. The number of esters is 1. The first-order valence-electron chi connectivity index (χ1n) is 23.2. The Morgan fingerprint density at radius 2 is 1.85 bits per heavy atom. The summed E-state index contributed by atoms with van der Waals surface area (Å²) in [5.74, 6) is -2.39. The van der Waals surface area contributed by atoms with Crippen LogP contribution in [0.15, 0.2) is 73.4 Å². The van der Waals surface area contributed by atoms with Gasteiger partial charge in [-0.2, -0.15) is 0 Å². The number of pyridine rings is 1. The normalized spacial score (nSPS) is 23.3. The largest absolute Gasteiger partial charge is 0.464 e. The van der Waals surface area contributed by atoms with Crippen LogP contribution < -0.4 is 10.7 Å². The second kappa shape index (κ2) is 18.8. The third kappa shape index (κ3) is 8.87. The minimum absolute atomic E-state index is 0.0672. The molecule has 0 aliphatic carbocycles. The van der Waals surface area contributed by atoms with Gasteiger partial charge in [0.15, 0.2) is 5.60 Å². The molecule has 3 saturated heterocycles. The summed E-state index contributed by atoms with van der Waals surface area (Å²) in [5, 5.41) is 5.55. The number of methoxy groups -OCH3 is 1. The Morgan fingerprint density at radius 1 is 1.06 bits per heavy atom. The van der Waals surface area contributed by atoms with Gasteiger partial charge in [-0.1, -0.05) is 64.6 Å². The molecule has 1 spiro atoms. The molecule has 4 amide bonds. The lowest BCUT2D eigenvalue weighted by molar-refractivity contribution is -0.155. The molecule has 0 radical (unpaired) electrons. The zero-order valence-electron chi connectivity index (χ0n) is 39.2. The van der Waals surface area contributed by atoms with Crippen LogP contribution in [0.1, 0.15) is 83.7 Å². The lowest BCUT2D eigenvalue weighted by Gasteiger charge is -2.36. The molecule has 2 N–H and O–H groups in total. The van der Waals surface area contributed by atoms with E-state index < -0.39 is 46.9 Å². The van der Waals surface area contributed by atoms with Crippen LogP contribution in [-0.2, 0) is 57.6 Å². The van der Waals surface area contributed by atoms with E-state index in [1.54, 1.807) is 13.3 Å². The van der Waals surface area contributed by atoms with Gasteiger partial charge in [-0.15, -0.1) is 0 Å². The molecule has 15 heteroatoms. The van der Waals surface area contributed by atoms with Gasteiger partial charge >= 0.3 is 5.97 Å². The number of rotatable bonds is 9. The molecular formula is C51H63N7O8. The van der Waals surface area contributed by atoms with Gasteiger partial charge in [-0.3, -0.25) is 34.0 Å². The number of nitrogens with one attached hydrogen (secondary N) is 2. The first kappa shape index (κ1) is 46.6. The summed E-state index contributed by atoms with van der Waals surface area (Å²) >= 11 is 0. The molecule has 1 unspecified atom stereocenters. The first-order chi connectivity index (χ1) is 31.6. The molecule has 8 rings (SSSR count). The molecule has 2 aromatic heterocycles. The molecule has 66 heavy (non-hydrogen) atoms. The van der Waals surface area contributed by atoms with E-state index in [1.165, 1.54) is 20.9 Å². The van der Waals surface area contributed by atoms with Crippen LogP contribution in [0.2, 0.25) is 0 Å². The lowest BCUT2D eigenvalue weighted by atomic mass is 9.84. The summed E-state index contributed by atoms with van der Waals surface area (Å²) in [6.07, 6.45) is 4.76. The van der Waals surface area contributed by atoms with Crippen molar-refractivity contribution in [2.45, 2.75) is 110 Å². The Bertz CT molecular complexity index is 2550. The van der Waals surface area contributed by atoms with Gasteiger partial charge in [0.25, 0.3) is 11.8 Å². The summed E-state index contributed by atoms with van der Waals surface area (Å²) < 4.78 is 20.4. The van der Waals surface area contributed by atoms with Crippen molar-refractivity contribution in [2.24, 2.45) is 11.3 Å². The van der Waals surface area contributed by atoms with E-state index in [9.17, 15) is 24.0 Å². The molecule has 0 saturated carbocycles. The van der Waals surface area contributed by atoms with E-state index in [4.69, 9.17) is 19.2 Å². The maximum atomic E-state index is 14.7. The molecule has 4 aliphatic rings. The number of cyclic esters (lactones) is 1. The predicted octanol–water partition coefficient (Wildman–Crippen LogP) is 5.74. The van der Waals surface area contributed by atoms with E-state index >= 15 is 0 Å². The number of fused-ring (bicyclic) bond motifs is 6. The minimum atomic E-state index is -1.26. The zero-order valence-corrected chi connectivity index (χ0v) is 39.2. The van der Waals surface area contributed by atoms with Crippen molar-refractivity contribution >= 4 is 40.5 Å². The van der Waals surface area contributed by atoms with Crippen molar-refractivity contribution in [1.29, 1.82) is 0 Å². The van der Waals surface area contributed by atoms with E-state index in [0.717, 1.165) is 50.1 Å². The summed E-state index contributed by atoms with van der Waals surface area (Å²) in [6, 6.07) is 15.7. The molecule has 4 aliphatic heterocycles. The smallest absolute Gasteiger partial charge is 0.324 e. The number of nitrogens with zero attached hydrogens (tertiary/aromatic N) is 5. The van der Waals surface area contributed by atoms with Gasteiger partial charge in [0.2, 0.25) is 11.8 Å². The van der Waals surface area contributed by atoms with E-state index in [-0.39, 0.29) is 50.1 Å². The van der Waals surface area contributed by atoms with Crippen LogP contribution in [0.5, 0.6) is 0 Å². The zero-order chi connectivity index (χ0) is 47.1. The second-order valence-corrected chi connectivity index (χ2v) is 19.3. The van der Waals surface area contributed by atoms with Gasteiger partial charge in [0.1, 0.15) is 24.9 Å². The van der Waals surface area contributed by atoms with Crippen LogP contribution in [0.4, 0.5) is 0 Å². The Kier molecular flexibility index (Phi) is 13.3. The number of benzene rings is 2. The maximum absolute atomic E-state index is 14.7. The third-order valence-electron chi connectivity index (χ3n) is 13.7. The van der Waals surface area contributed by atoms with Crippen LogP contribution >= 0.6 is 0 Å². The average molecular weight is 902 g/mol. The molecule has 6 heterocycles. The number of hydrogen-bond donors (Lipinski definition) is 2. The lowest BCUT2D eigenvalue weighted by Crippen LogP contribution is -2.62. The quantitative estimate of drug-likeness (QED) is 0.156. The molecule has 3 fully saturated rings. The number of hydrogen-bond acceptors (Lipinski definition) is 10. The highest BCUT2D eigenvalue weighted by Gasteiger charge is 2.56. The van der Waals surface area contributed by atoms with Crippen LogP contribution in [0, 0.1) is 11.3 Å². The maximum Gasteiger partial charge on any atom is 0.324 e. The number of carbonyl (C=O) groups is 5. The molecular weight excluding hydrogens is 839 g/mol. The monoisotopic (exact) mass is 901 g/mol. The molecule has 15 nitrogen and oxygen atoms in total. The van der Waals surface area contributed by atoms with Gasteiger partial charge in [0.05, 0.1) is 30.6 Å². The summed E-state index contributed by atoms with van der Waals surface area (Å²) in [4.78, 5) is 77.7. The molecule has 5 atom stereocenters. The SMILES string of the molecule is C=CC(=O)N1CC[C@]2(C1)OCN(C(C(=O)N[C@H]1Cc3cccc(c3)-c3ccc4c(c3)c(c(-c3cccnc3[C@H](C)OC)n4CC)CC(C)(C)COC(=O)[C@@H]3CCCN(N3)C1=O)C(C)C)C2=O. The van der Waals surface area contributed by atoms with Crippen molar-refractivity contribution < 1.29 is 38.2 Å². The van der Waals surface area contributed by atoms with Crippen LogP contribution in [0.25, 0.3) is 33.3 Å². The minimum Gasteiger partial charge on any atom is -0.464 e. The topological polar surface area (TPSA) is 165 Å². The fraction of sp³-hybridized carbons (Fsp3) is 0.490. The second-order valence-electron chi connectivity index (χ2n) is 19.3. The Morgan fingerprint density at radius 3 is 2.59 bits per heavy atom. The Hall–Kier alpha value is -5.90. The van der Waals surface area contributed by atoms with E-state index in [0.29, 0.717) is 45.3 Å². The Labute approximate surface area is 386 Å². The first-order valence-corrected chi connectivity index (χ1v) is 23.2. The van der Waals surface area contributed by atoms with Gasteiger partial charge < -0.3 is 33.9 Å².